The molecular weight excluding hydrogens is 258 g/mol. The van der Waals surface area contributed by atoms with E-state index in [-0.39, 0.29) is 11.9 Å². The standard InChI is InChI=1S/C15H19NO4/c1-9(8-18-3)16-15(17)14-10(2)12-7-11(19-4)5-6-13(12)20-14/h5-7,9H,8H2,1-4H3,(H,16,17). The largest absolute Gasteiger partial charge is 0.497 e. The molecule has 5 heteroatoms. The molecule has 0 fully saturated rings. The van der Waals surface area contributed by atoms with Crippen LogP contribution in [0, 0.1) is 6.92 Å². The lowest BCUT2D eigenvalue weighted by Crippen LogP contribution is -2.35. The van der Waals surface area contributed by atoms with Crippen molar-refractivity contribution in [3.63, 3.8) is 0 Å². The van der Waals surface area contributed by atoms with E-state index >= 15 is 0 Å². The van der Waals surface area contributed by atoms with Crippen molar-refractivity contribution in [1.82, 2.24) is 5.32 Å². The second kappa shape index (κ2) is 5.96. The summed E-state index contributed by atoms with van der Waals surface area (Å²) in [5, 5.41) is 3.72. The number of ether oxygens (including phenoxy) is 2. The van der Waals surface area contributed by atoms with E-state index in [1.807, 2.05) is 19.9 Å². The van der Waals surface area contributed by atoms with Gasteiger partial charge in [-0.3, -0.25) is 4.79 Å². The summed E-state index contributed by atoms with van der Waals surface area (Å²) in [6.07, 6.45) is 0. The van der Waals surface area contributed by atoms with Gasteiger partial charge in [0.05, 0.1) is 13.7 Å². The van der Waals surface area contributed by atoms with Crippen LogP contribution in [-0.2, 0) is 4.74 Å². The second-order valence-electron chi connectivity index (χ2n) is 4.75. The highest BCUT2D eigenvalue weighted by molar-refractivity contribution is 5.99. The molecule has 108 valence electrons. The minimum atomic E-state index is -0.234. The number of aryl methyl sites for hydroxylation is 1. The summed E-state index contributed by atoms with van der Waals surface area (Å²) in [5.74, 6) is 0.833. The molecule has 0 bridgehead atoms. The lowest BCUT2D eigenvalue weighted by Gasteiger charge is -2.11. The van der Waals surface area contributed by atoms with Crippen LogP contribution in [0.25, 0.3) is 11.0 Å². The Hall–Kier alpha value is -2.01. The first-order chi connectivity index (χ1) is 9.56. The minimum Gasteiger partial charge on any atom is -0.497 e. The van der Waals surface area contributed by atoms with Crippen LogP contribution in [-0.4, -0.2) is 32.8 Å². The average molecular weight is 277 g/mol. The molecule has 0 saturated heterocycles. The Morgan fingerprint density at radius 1 is 1.40 bits per heavy atom. The predicted molar refractivity (Wildman–Crippen MR) is 76.3 cm³/mol. The monoisotopic (exact) mass is 277 g/mol. The molecule has 2 aromatic rings. The third kappa shape index (κ3) is 2.77. The van der Waals surface area contributed by atoms with Gasteiger partial charge < -0.3 is 19.2 Å². The van der Waals surface area contributed by atoms with Crippen molar-refractivity contribution in [2.45, 2.75) is 19.9 Å². The fourth-order valence-corrected chi connectivity index (χ4v) is 2.12. The number of hydrogen-bond acceptors (Lipinski definition) is 4. The van der Waals surface area contributed by atoms with E-state index in [1.54, 1.807) is 26.4 Å². The van der Waals surface area contributed by atoms with E-state index in [4.69, 9.17) is 13.9 Å². The third-order valence-corrected chi connectivity index (χ3v) is 3.14. The van der Waals surface area contributed by atoms with Crippen molar-refractivity contribution >= 4 is 16.9 Å². The first-order valence-corrected chi connectivity index (χ1v) is 6.43. The smallest absolute Gasteiger partial charge is 0.287 e. The minimum absolute atomic E-state index is 0.0744. The zero-order chi connectivity index (χ0) is 14.7. The molecule has 0 aliphatic rings. The Labute approximate surface area is 117 Å². The van der Waals surface area contributed by atoms with Gasteiger partial charge in [0.15, 0.2) is 5.76 Å². The fourth-order valence-electron chi connectivity index (χ4n) is 2.12. The zero-order valence-electron chi connectivity index (χ0n) is 12.1. The molecule has 0 saturated carbocycles. The quantitative estimate of drug-likeness (QED) is 0.912. The molecule has 1 aromatic carbocycles. The fraction of sp³-hybridized carbons (Fsp3) is 0.400. The Morgan fingerprint density at radius 2 is 2.15 bits per heavy atom. The first kappa shape index (κ1) is 14.4. The first-order valence-electron chi connectivity index (χ1n) is 6.43. The van der Waals surface area contributed by atoms with Gasteiger partial charge in [0.1, 0.15) is 11.3 Å². The molecule has 0 spiro atoms. The van der Waals surface area contributed by atoms with Crippen LogP contribution < -0.4 is 10.1 Å². The van der Waals surface area contributed by atoms with Crippen molar-refractivity contribution in [2.75, 3.05) is 20.8 Å². The second-order valence-corrected chi connectivity index (χ2v) is 4.75. The Kier molecular flexibility index (Phi) is 4.29. The van der Waals surface area contributed by atoms with E-state index in [0.29, 0.717) is 18.0 Å². The predicted octanol–water partition coefficient (Wildman–Crippen LogP) is 2.51. The summed E-state index contributed by atoms with van der Waals surface area (Å²) in [6, 6.07) is 5.40. The maximum atomic E-state index is 12.2. The highest BCUT2D eigenvalue weighted by Gasteiger charge is 2.19. The summed E-state index contributed by atoms with van der Waals surface area (Å²) in [7, 11) is 3.21. The molecule has 1 heterocycles. The summed E-state index contributed by atoms with van der Waals surface area (Å²) >= 11 is 0. The van der Waals surface area contributed by atoms with Crippen LogP contribution in [0.15, 0.2) is 22.6 Å². The Bertz CT molecular complexity index is 618. The van der Waals surface area contributed by atoms with Gasteiger partial charge in [-0.05, 0) is 32.0 Å². The van der Waals surface area contributed by atoms with Gasteiger partial charge in [0, 0.05) is 24.1 Å². The van der Waals surface area contributed by atoms with Crippen molar-refractivity contribution in [3.8, 4) is 5.75 Å². The average Bonchev–Trinajstić information content (AvgIpc) is 2.76. The van der Waals surface area contributed by atoms with Crippen LogP contribution in [0.5, 0.6) is 5.75 Å². The SMILES string of the molecule is COCC(C)NC(=O)c1oc2ccc(OC)cc2c1C. The van der Waals surface area contributed by atoms with Crippen LogP contribution in [0.2, 0.25) is 0 Å². The summed E-state index contributed by atoms with van der Waals surface area (Å²) in [4.78, 5) is 12.2. The number of amides is 1. The summed E-state index contributed by atoms with van der Waals surface area (Å²) in [5.41, 5.74) is 1.48. The van der Waals surface area contributed by atoms with Crippen LogP contribution in [0.4, 0.5) is 0 Å². The maximum Gasteiger partial charge on any atom is 0.287 e. The molecule has 0 aliphatic heterocycles. The van der Waals surface area contributed by atoms with Gasteiger partial charge in [0.2, 0.25) is 0 Å². The van der Waals surface area contributed by atoms with E-state index in [9.17, 15) is 4.79 Å². The van der Waals surface area contributed by atoms with Crippen LogP contribution in [0.3, 0.4) is 0 Å². The van der Waals surface area contributed by atoms with Crippen LogP contribution in [0.1, 0.15) is 23.0 Å². The topological polar surface area (TPSA) is 60.7 Å². The van der Waals surface area contributed by atoms with E-state index < -0.39 is 0 Å². The number of methoxy groups -OCH3 is 2. The van der Waals surface area contributed by atoms with E-state index in [2.05, 4.69) is 5.32 Å². The molecule has 5 nitrogen and oxygen atoms in total. The zero-order valence-corrected chi connectivity index (χ0v) is 12.1. The van der Waals surface area contributed by atoms with Crippen molar-refractivity contribution in [2.24, 2.45) is 0 Å². The van der Waals surface area contributed by atoms with Crippen molar-refractivity contribution in [1.29, 1.82) is 0 Å². The number of carbonyl (C=O) groups excluding carboxylic acids is 1. The van der Waals surface area contributed by atoms with Gasteiger partial charge in [-0.15, -0.1) is 0 Å². The highest BCUT2D eigenvalue weighted by Crippen LogP contribution is 2.28. The molecule has 0 radical (unpaired) electrons. The highest BCUT2D eigenvalue weighted by atomic mass is 16.5. The van der Waals surface area contributed by atoms with Gasteiger partial charge in [-0.1, -0.05) is 0 Å². The molecular formula is C15H19NO4. The van der Waals surface area contributed by atoms with Crippen LogP contribution >= 0.6 is 0 Å². The molecule has 1 amide bonds. The summed E-state index contributed by atoms with van der Waals surface area (Å²) in [6.45, 7) is 4.20. The van der Waals surface area contributed by atoms with E-state index in [0.717, 1.165) is 16.7 Å². The molecule has 1 aromatic heterocycles. The maximum absolute atomic E-state index is 12.2. The number of hydrogen-bond donors (Lipinski definition) is 1. The van der Waals surface area contributed by atoms with Gasteiger partial charge in [-0.2, -0.15) is 0 Å². The third-order valence-electron chi connectivity index (χ3n) is 3.14. The molecule has 2 rings (SSSR count). The Morgan fingerprint density at radius 3 is 2.80 bits per heavy atom. The number of rotatable bonds is 5. The van der Waals surface area contributed by atoms with Crippen molar-refractivity contribution < 1.29 is 18.7 Å². The van der Waals surface area contributed by atoms with Gasteiger partial charge >= 0.3 is 0 Å². The van der Waals surface area contributed by atoms with Gasteiger partial charge in [0.25, 0.3) is 5.91 Å². The molecule has 1 N–H and O–H groups in total. The summed E-state index contributed by atoms with van der Waals surface area (Å²) < 4.78 is 15.8. The number of carbonyl (C=O) groups is 1. The number of furan rings is 1. The number of nitrogens with one attached hydrogen (secondary N) is 1. The molecule has 1 atom stereocenters. The lowest BCUT2D eigenvalue weighted by molar-refractivity contribution is 0.0879. The molecule has 0 aliphatic carbocycles. The molecule has 1 unspecified atom stereocenters. The van der Waals surface area contributed by atoms with Crippen molar-refractivity contribution in [3.05, 3.63) is 29.5 Å². The Balaban J connectivity index is 2.30. The number of fused-ring (bicyclic) bond motifs is 1. The lowest BCUT2D eigenvalue weighted by atomic mass is 10.1. The van der Waals surface area contributed by atoms with E-state index in [1.165, 1.54) is 0 Å². The molecule has 20 heavy (non-hydrogen) atoms. The number of benzene rings is 1. The normalized spacial score (nSPS) is 12.4. The van der Waals surface area contributed by atoms with Gasteiger partial charge in [-0.25, -0.2) is 0 Å².